The standard InChI is InChI=1S/C10H18N2O2/c1-4-9(2)12(8-6-11)7-5-10(13)14-3/h9H,4-5,7-8H2,1-3H3. The van der Waals surface area contributed by atoms with Crippen LogP contribution in [-0.4, -0.2) is 37.1 Å². The third-order valence-corrected chi connectivity index (χ3v) is 2.32. The van der Waals surface area contributed by atoms with Gasteiger partial charge in [0, 0.05) is 12.6 Å². The van der Waals surface area contributed by atoms with Crippen LogP contribution in [0.5, 0.6) is 0 Å². The van der Waals surface area contributed by atoms with Crippen molar-refractivity contribution in [2.24, 2.45) is 0 Å². The van der Waals surface area contributed by atoms with Crippen molar-refractivity contribution >= 4 is 5.97 Å². The van der Waals surface area contributed by atoms with E-state index in [1.165, 1.54) is 7.11 Å². The number of nitrogens with zero attached hydrogens (tertiary/aromatic N) is 2. The zero-order chi connectivity index (χ0) is 11.0. The van der Waals surface area contributed by atoms with Crippen LogP contribution in [0.15, 0.2) is 0 Å². The second-order valence-corrected chi connectivity index (χ2v) is 3.21. The van der Waals surface area contributed by atoms with Gasteiger partial charge in [0.1, 0.15) is 0 Å². The van der Waals surface area contributed by atoms with Gasteiger partial charge in [-0.05, 0) is 13.3 Å². The zero-order valence-corrected chi connectivity index (χ0v) is 9.12. The molecule has 0 amide bonds. The molecule has 0 radical (unpaired) electrons. The summed E-state index contributed by atoms with van der Waals surface area (Å²) >= 11 is 0. The van der Waals surface area contributed by atoms with Crippen LogP contribution in [0.3, 0.4) is 0 Å². The molecule has 1 atom stereocenters. The monoisotopic (exact) mass is 198 g/mol. The highest BCUT2D eigenvalue weighted by molar-refractivity contribution is 5.69. The predicted octanol–water partition coefficient (Wildman–Crippen LogP) is 1.17. The van der Waals surface area contributed by atoms with Crippen molar-refractivity contribution < 1.29 is 9.53 Å². The van der Waals surface area contributed by atoms with Crippen LogP contribution < -0.4 is 0 Å². The van der Waals surface area contributed by atoms with Gasteiger partial charge in [-0.15, -0.1) is 0 Å². The molecule has 0 aliphatic carbocycles. The summed E-state index contributed by atoms with van der Waals surface area (Å²) in [5.74, 6) is -0.226. The summed E-state index contributed by atoms with van der Waals surface area (Å²) in [7, 11) is 1.38. The number of nitriles is 1. The number of hydrogen-bond acceptors (Lipinski definition) is 4. The van der Waals surface area contributed by atoms with Crippen molar-refractivity contribution in [1.82, 2.24) is 4.90 Å². The molecule has 0 aliphatic rings. The summed E-state index contributed by atoms with van der Waals surface area (Å²) in [4.78, 5) is 12.9. The van der Waals surface area contributed by atoms with E-state index in [9.17, 15) is 4.79 Å². The average Bonchev–Trinajstić information content (AvgIpc) is 2.22. The summed E-state index contributed by atoms with van der Waals surface area (Å²) in [5.41, 5.74) is 0. The third-order valence-electron chi connectivity index (χ3n) is 2.32. The van der Waals surface area contributed by atoms with Gasteiger partial charge in [0.05, 0.1) is 26.1 Å². The molecule has 0 spiro atoms. The Labute approximate surface area is 85.5 Å². The van der Waals surface area contributed by atoms with Crippen molar-refractivity contribution in [1.29, 1.82) is 5.26 Å². The van der Waals surface area contributed by atoms with Gasteiger partial charge in [-0.3, -0.25) is 9.69 Å². The Bertz CT molecular complexity index is 211. The molecule has 0 saturated carbocycles. The van der Waals surface area contributed by atoms with Gasteiger partial charge in [0.25, 0.3) is 0 Å². The SMILES string of the molecule is CCC(C)N(CC#N)CCC(=O)OC. The van der Waals surface area contributed by atoms with E-state index in [1.807, 2.05) is 4.90 Å². The quantitative estimate of drug-likeness (QED) is 0.475. The summed E-state index contributed by atoms with van der Waals surface area (Å²) in [6.07, 6.45) is 1.32. The number of ether oxygens (including phenoxy) is 1. The normalized spacial score (nSPS) is 12.2. The van der Waals surface area contributed by atoms with Gasteiger partial charge < -0.3 is 4.74 Å². The second-order valence-electron chi connectivity index (χ2n) is 3.21. The molecule has 80 valence electrons. The Morgan fingerprint density at radius 1 is 1.64 bits per heavy atom. The van der Waals surface area contributed by atoms with Gasteiger partial charge in [-0.2, -0.15) is 5.26 Å². The lowest BCUT2D eigenvalue weighted by atomic mass is 10.2. The minimum absolute atomic E-state index is 0.226. The highest BCUT2D eigenvalue weighted by Crippen LogP contribution is 2.03. The van der Waals surface area contributed by atoms with E-state index in [2.05, 4.69) is 24.7 Å². The van der Waals surface area contributed by atoms with Crippen LogP contribution >= 0.6 is 0 Å². The molecule has 0 fully saturated rings. The summed E-state index contributed by atoms with van der Waals surface area (Å²) in [5, 5.41) is 8.60. The van der Waals surface area contributed by atoms with Gasteiger partial charge in [-0.1, -0.05) is 6.92 Å². The minimum atomic E-state index is -0.226. The van der Waals surface area contributed by atoms with Gasteiger partial charge in [0.15, 0.2) is 0 Å². The molecule has 14 heavy (non-hydrogen) atoms. The maximum atomic E-state index is 10.9. The molecule has 0 aliphatic heterocycles. The van der Waals surface area contributed by atoms with Crippen LogP contribution in [0, 0.1) is 11.3 Å². The fourth-order valence-corrected chi connectivity index (χ4v) is 1.14. The predicted molar refractivity (Wildman–Crippen MR) is 53.6 cm³/mol. The first-order valence-corrected chi connectivity index (χ1v) is 4.83. The van der Waals surface area contributed by atoms with Crippen molar-refractivity contribution in [3.05, 3.63) is 0 Å². The smallest absolute Gasteiger partial charge is 0.306 e. The average molecular weight is 198 g/mol. The number of esters is 1. The largest absolute Gasteiger partial charge is 0.469 e. The fraction of sp³-hybridized carbons (Fsp3) is 0.800. The van der Waals surface area contributed by atoms with E-state index in [1.54, 1.807) is 0 Å². The molecular weight excluding hydrogens is 180 g/mol. The maximum Gasteiger partial charge on any atom is 0.306 e. The highest BCUT2D eigenvalue weighted by Gasteiger charge is 2.13. The van der Waals surface area contributed by atoms with E-state index in [0.717, 1.165) is 6.42 Å². The molecule has 4 nitrogen and oxygen atoms in total. The Morgan fingerprint density at radius 2 is 2.29 bits per heavy atom. The molecule has 0 saturated heterocycles. The van der Waals surface area contributed by atoms with Crippen molar-refractivity contribution in [2.45, 2.75) is 32.7 Å². The lowest BCUT2D eigenvalue weighted by Gasteiger charge is -2.24. The van der Waals surface area contributed by atoms with Gasteiger partial charge in [-0.25, -0.2) is 0 Å². The first-order chi connectivity index (χ1) is 6.65. The fourth-order valence-electron chi connectivity index (χ4n) is 1.14. The van der Waals surface area contributed by atoms with Crippen molar-refractivity contribution in [3.8, 4) is 6.07 Å². The zero-order valence-electron chi connectivity index (χ0n) is 9.12. The van der Waals surface area contributed by atoms with Crippen molar-refractivity contribution in [2.75, 3.05) is 20.2 Å². The van der Waals surface area contributed by atoms with Gasteiger partial charge >= 0.3 is 5.97 Å². The third kappa shape index (κ3) is 4.83. The van der Waals surface area contributed by atoms with Crippen LogP contribution in [-0.2, 0) is 9.53 Å². The first-order valence-electron chi connectivity index (χ1n) is 4.83. The summed E-state index contributed by atoms with van der Waals surface area (Å²) in [6, 6.07) is 2.43. The van der Waals surface area contributed by atoms with E-state index < -0.39 is 0 Å². The Kier molecular flexibility index (Phi) is 6.77. The topological polar surface area (TPSA) is 53.3 Å². The van der Waals surface area contributed by atoms with Crippen LogP contribution in [0.4, 0.5) is 0 Å². The van der Waals surface area contributed by atoms with Gasteiger partial charge in [0.2, 0.25) is 0 Å². The Morgan fingerprint density at radius 3 is 2.71 bits per heavy atom. The number of carbonyl (C=O) groups is 1. The molecular formula is C10H18N2O2. The molecule has 0 bridgehead atoms. The van der Waals surface area contributed by atoms with E-state index in [-0.39, 0.29) is 5.97 Å². The molecule has 0 N–H and O–H groups in total. The van der Waals surface area contributed by atoms with Crippen molar-refractivity contribution in [3.63, 3.8) is 0 Å². The number of rotatable bonds is 6. The Hall–Kier alpha value is -1.08. The summed E-state index contributed by atoms with van der Waals surface area (Å²) in [6.45, 7) is 5.07. The first kappa shape index (κ1) is 12.9. The molecule has 4 heteroatoms. The maximum absolute atomic E-state index is 10.9. The Balaban J connectivity index is 3.97. The van der Waals surface area contributed by atoms with E-state index in [0.29, 0.717) is 25.6 Å². The summed E-state index contributed by atoms with van der Waals surface area (Å²) < 4.78 is 4.54. The second kappa shape index (κ2) is 7.34. The number of methoxy groups -OCH3 is 1. The molecule has 1 unspecified atom stereocenters. The highest BCUT2D eigenvalue weighted by atomic mass is 16.5. The van der Waals surface area contributed by atoms with E-state index in [4.69, 9.17) is 5.26 Å². The van der Waals surface area contributed by atoms with Crippen LogP contribution in [0.2, 0.25) is 0 Å². The molecule has 0 rings (SSSR count). The lowest BCUT2D eigenvalue weighted by Crippen LogP contribution is -2.34. The lowest BCUT2D eigenvalue weighted by molar-refractivity contribution is -0.141. The number of hydrogen-bond donors (Lipinski definition) is 0. The molecule has 0 aromatic carbocycles. The minimum Gasteiger partial charge on any atom is -0.469 e. The molecule has 0 aromatic rings. The van der Waals surface area contributed by atoms with Crippen LogP contribution in [0.1, 0.15) is 26.7 Å². The molecule has 0 aromatic heterocycles. The van der Waals surface area contributed by atoms with E-state index >= 15 is 0 Å². The van der Waals surface area contributed by atoms with Crippen LogP contribution in [0.25, 0.3) is 0 Å². The number of carbonyl (C=O) groups excluding carboxylic acids is 1. The molecule has 0 heterocycles.